The molecule has 0 aliphatic rings. The summed E-state index contributed by atoms with van der Waals surface area (Å²) in [4.78, 5) is 12.7. The summed E-state index contributed by atoms with van der Waals surface area (Å²) in [6.45, 7) is 0. The Bertz CT molecular complexity index is 1470. The Kier molecular flexibility index (Phi) is 6.99. The molecule has 0 bridgehead atoms. The molecule has 36 heavy (non-hydrogen) atoms. The maximum atomic E-state index is 12.7. The number of nitrogens with zero attached hydrogens (tertiary/aromatic N) is 2. The minimum Gasteiger partial charge on any atom is -0.309 e. The summed E-state index contributed by atoms with van der Waals surface area (Å²) < 4.78 is 2.20. The number of carbonyl (C=O) groups is 1. The van der Waals surface area contributed by atoms with Gasteiger partial charge in [-0.15, -0.1) is 0 Å². The molecular formula is C30H21Cl2N3O. The first kappa shape index (κ1) is 23.6. The van der Waals surface area contributed by atoms with Crippen LogP contribution in [-0.4, -0.2) is 16.7 Å². The number of carbonyl (C=O) groups excluding carboxylic acids is 1. The maximum absolute atomic E-state index is 12.7. The second-order valence-electron chi connectivity index (χ2n) is 8.09. The van der Waals surface area contributed by atoms with E-state index in [0.29, 0.717) is 15.6 Å². The first-order valence-corrected chi connectivity index (χ1v) is 12.1. The van der Waals surface area contributed by atoms with E-state index in [4.69, 9.17) is 23.2 Å². The third-order valence-electron chi connectivity index (χ3n) is 5.73. The van der Waals surface area contributed by atoms with Crippen LogP contribution < -0.4 is 5.43 Å². The number of benzene rings is 4. The van der Waals surface area contributed by atoms with Crippen molar-refractivity contribution in [3.8, 4) is 28.2 Å². The molecule has 0 saturated heterocycles. The van der Waals surface area contributed by atoms with E-state index >= 15 is 0 Å². The number of rotatable bonds is 6. The van der Waals surface area contributed by atoms with Crippen molar-refractivity contribution < 1.29 is 4.79 Å². The summed E-state index contributed by atoms with van der Waals surface area (Å²) >= 11 is 12.0. The summed E-state index contributed by atoms with van der Waals surface area (Å²) in [7, 11) is 0. The standard InChI is InChI=1S/C30H21Cl2N3O/c31-26-16-11-21(19-27(26)32)20-33-34-30(36)24-12-14-25(15-13-24)35-28(22-7-3-1-4-8-22)17-18-29(35)23-9-5-2-6-10-23/h1-20H,(H,34,36)/b33-20-. The lowest BCUT2D eigenvalue weighted by Crippen LogP contribution is -2.17. The largest absolute Gasteiger partial charge is 0.309 e. The molecule has 0 unspecified atom stereocenters. The van der Waals surface area contributed by atoms with Crippen molar-refractivity contribution in [1.29, 1.82) is 0 Å². The lowest BCUT2D eigenvalue weighted by atomic mass is 10.1. The molecule has 1 N–H and O–H groups in total. The Hall–Kier alpha value is -4.12. The average molecular weight is 510 g/mol. The number of halogens is 2. The highest BCUT2D eigenvalue weighted by Gasteiger charge is 2.14. The van der Waals surface area contributed by atoms with Crippen LogP contribution in [0.1, 0.15) is 15.9 Å². The van der Waals surface area contributed by atoms with Crippen LogP contribution in [0.2, 0.25) is 10.0 Å². The van der Waals surface area contributed by atoms with Crippen molar-refractivity contribution in [2.75, 3.05) is 0 Å². The molecule has 176 valence electrons. The average Bonchev–Trinajstić information content (AvgIpc) is 3.37. The van der Waals surface area contributed by atoms with Gasteiger partial charge >= 0.3 is 0 Å². The SMILES string of the molecule is O=C(N/N=C\c1ccc(Cl)c(Cl)c1)c1ccc(-n2c(-c3ccccc3)ccc2-c2ccccc2)cc1. The molecule has 5 rings (SSSR count). The quantitative estimate of drug-likeness (QED) is 0.183. The van der Waals surface area contributed by atoms with Gasteiger partial charge in [0.25, 0.3) is 5.91 Å². The van der Waals surface area contributed by atoms with Crippen molar-refractivity contribution in [3.05, 3.63) is 136 Å². The van der Waals surface area contributed by atoms with Gasteiger partial charge in [-0.2, -0.15) is 5.10 Å². The number of hydrogen-bond donors (Lipinski definition) is 1. The third-order valence-corrected chi connectivity index (χ3v) is 6.47. The highest BCUT2D eigenvalue weighted by Crippen LogP contribution is 2.32. The van der Waals surface area contributed by atoms with Gasteiger partial charge in [0, 0.05) is 11.3 Å². The van der Waals surface area contributed by atoms with Crippen LogP contribution in [0.3, 0.4) is 0 Å². The van der Waals surface area contributed by atoms with E-state index < -0.39 is 0 Å². The van der Waals surface area contributed by atoms with Gasteiger partial charge in [0.05, 0.1) is 27.6 Å². The molecule has 1 amide bonds. The van der Waals surface area contributed by atoms with E-state index in [0.717, 1.165) is 33.8 Å². The fourth-order valence-electron chi connectivity index (χ4n) is 3.97. The zero-order valence-electron chi connectivity index (χ0n) is 19.1. The van der Waals surface area contributed by atoms with Gasteiger partial charge in [0.15, 0.2) is 0 Å². The highest BCUT2D eigenvalue weighted by molar-refractivity contribution is 6.42. The van der Waals surface area contributed by atoms with Crippen LogP contribution in [0.5, 0.6) is 0 Å². The normalized spacial score (nSPS) is 11.1. The van der Waals surface area contributed by atoms with Crippen molar-refractivity contribution in [2.24, 2.45) is 5.10 Å². The van der Waals surface area contributed by atoms with Gasteiger partial charge < -0.3 is 4.57 Å². The second kappa shape index (κ2) is 10.6. The van der Waals surface area contributed by atoms with Crippen LogP contribution in [0.4, 0.5) is 0 Å². The van der Waals surface area contributed by atoms with Gasteiger partial charge in [-0.1, -0.05) is 89.9 Å². The van der Waals surface area contributed by atoms with Crippen molar-refractivity contribution in [3.63, 3.8) is 0 Å². The summed E-state index contributed by atoms with van der Waals surface area (Å²) in [6.07, 6.45) is 1.52. The maximum Gasteiger partial charge on any atom is 0.271 e. The molecule has 5 aromatic rings. The van der Waals surface area contributed by atoms with Crippen molar-refractivity contribution in [2.45, 2.75) is 0 Å². The Morgan fingerprint density at radius 2 is 1.28 bits per heavy atom. The smallest absolute Gasteiger partial charge is 0.271 e. The minimum absolute atomic E-state index is 0.308. The molecule has 0 aliphatic carbocycles. The molecule has 0 fully saturated rings. The molecule has 4 aromatic carbocycles. The molecule has 6 heteroatoms. The van der Waals surface area contributed by atoms with Crippen molar-refractivity contribution >= 4 is 35.3 Å². The summed E-state index contributed by atoms with van der Waals surface area (Å²) in [5.74, 6) is -0.308. The van der Waals surface area contributed by atoms with E-state index in [1.165, 1.54) is 6.21 Å². The van der Waals surface area contributed by atoms with Gasteiger partial charge in [0.1, 0.15) is 0 Å². The lowest BCUT2D eigenvalue weighted by molar-refractivity contribution is 0.0955. The molecule has 4 nitrogen and oxygen atoms in total. The molecular weight excluding hydrogens is 489 g/mol. The zero-order chi connectivity index (χ0) is 24.9. The first-order valence-electron chi connectivity index (χ1n) is 11.3. The van der Waals surface area contributed by atoms with Crippen LogP contribution in [-0.2, 0) is 0 Å². The van der Waals surface area contributed by atoms with Crippen LogP contribution in [0.25, 0.3) is 28.2 Å². The number of aromatic nitrogens is 1. The predicted octanol–water partition coefficient (Wildman–Crippen LogP) is 7.88. The molecule has 0 saturated carbocycles. The second-order valence-corrected chi connectivity index (χ2v) is 8.91. The van der Waals surface area contributed by atoms with E-state index in [1.54, 1.807) is 30.3 Å². The zero-order valence-corrected chi connectivity index (χ0v) is 20.6. The van der Waals surface area contributed by atoms with Crippen molar-refractivity contribution in [1.82, 2.24) is 9.99 Å². The van der Waals surface area contributed by atoms with E-state index in [2.05, 4.69) is 51.5 Å². The Morgan fingerprint density at radius 3 is 1.83 bits per heavy atom. The topological polar surface area (TPSA) is 46.4 Å². The van der Waals surface area contributed by atoms with Crippen LogP contribution >= 0.6 is 23.2 Å². The minimum atomic E-state index is -0.308. The van der Waals surface area contributed by atoms with E-state index in [-0.39, 0.29) is 5.91 Å². The molecule has 1 aromatic heterocycles. The fraction of sp³-hybridized carbons (Fsp3) is 0. The number of nitrogens with one attached hydrogen (secondary N) is 1. The van der Waals surface area contributed by atoms with Crippen LogP contribution in [0, 0.1) is 0 Å². The van der Waals surface area contributed by atoms with E-state index in [9.17, 15) is 4.79 Å². The van der Waals surface area contributed by atoms with Gasteiger partial charge in [0.2, 0.25) is 0 Å². The highest BCUT2D eigenvalue weighted by atomic mass is 35.5. The van der Waals surface area contributed by atoms with Gasteiger partial charge in [-0.3, -0.25) is 4.79 Å². The fourth-order valence-corrected chi connectivity index (χ4v) is 4.27. The molecule has 1 heterocycles. The summed E-state index contributed by atoms with van der Waals surface area (Å²) in [6, 6.07) is 37.3. The van der Waals surface area contributed by atoms with Crippen LogP contribution in [0.15, 0.2) is 120 Å². The summed E-state index contributed by atoms with van der Waals surface area (Å²) in [5.41, 5.74) is 9.09. The molecule has 0 radical (unpaired) electrons. The van der Waals surface area contributed by atoms with Gasteiger partial charge in [-0.25, -0.2) is 5.43 Å². The van der Waals surface area contributed by atoms with E-state index in [1.807, 2.05) is 48.5 Å². The molecule has 0 spiro atoms. The molecule has 0 atom stereocenters. The van der Waals surface area contributed by atoms with Gasteiger partial charge in [-0.05, 0) is 65.2 Å². The Balaban J connectivity index is 1.42. The number of amides is 1. The predicted molar refractivity (Wildman–Crippen MR) is 148 cm³/mol. The molecule has 0 aliphatic heterocycles. The first-order chi connectivity index (χ1) is 17.6. The Labute approximate surface area is 219 Å². The summed E-state index contributed by atoms with van der Waals surface area (Å²) in [5, 5.41) is 4.93. The monoisotopic (exact) mass is 509 g/mol. The Morgan fingerprint density at radius 1 is 0.694 bits per heavy atom. The number of hydrazone groups is 1. The lowest BCUT2D eigenvalue weighted by Gasteiger charge is -2.15. The third kappa shape index (κ3) is 5.10. The number of hydrogen-bond acceptors (Lipinski definition) is 2.